The van der Waals surface area contributed by atoms with Crippen LogP contribution in [-0.2, 0) is 5.60 Å². The SMILES string of the molecule is Cc1ccc(C2(O)CCC2)cc1. The molecule has 1 aromatic carbocycles. The molecule has 0 aliphatic heterocycles. The summed E-state index contributed by atoms with van der Waals surface area (Å²) >= 11 is 0. The Hall–Kier alpha value is -0.820. The zero-order valence-electron chi connectivity index (χ0n) is 7.38. The minimum atomic E-state index is -0.492. The number of hydrogen-bond acceptors (Lipinski definition) is 1. The average Bonchev–Trinajstić information content (AvgIpc) is 2.02. The maximum Gasteiger partial charge on any atom is 0.0896 e. The van der Waals surface area contributed by atoms with E-state index in [-0.39, 0.29) is 0 Å². The minimum absolute atomic E-state index is 0.492. The third-order valence-electron chi connectivity index (χ3n) is 2.77. The summed E-state index contributed by atoms with van der Waals surface area (Å²) in [5.41, 5.74) is 1.84. The van der Waals surface area contributed by atoms with Crippen LogP contribution in [0.1, 0.15) is 30.4 Å². The maximum atomic E-state index is 9.97. The molecule has 1 fully saturated rings. The van der Waals surface area contributed by atoms with E-state index in [2.05, 4.69) is 19.1 Å². The Morgan fingerprint density at radius 3 is 2.17 bits per heavy atom. The van der Waals surface area contributed by atoms with Crippen molar-refractivity contribution >= 4 is 0 Å². The molecule has 0 heterocycles. The second-order valence-electron chi connectivity index (χ2n) is 3.75. The quantitative estimate of drug-likeness (QED) is 0.672. The van der Waals surface area contributed by atoms with Crippen molar-refractivity contribution in [1.29, 1.82) is 0 Å². The first-order valence-electron chi connectivity index (χ1n) is 4.50. The molecule has 1 nitrogen and oxygen atoms in total. The predicted octanol–water partition coefficient (Wildman–Crippen LogP) is 2.37. The molecule has 0 radical (unpaired) electrons. The monoisotopic (exact) mass is 162 g/mol. The molecule has 2 rings (SSSR count). The van der Waals surface area contributed by atoms with Crippen molar-refractivity contribution in [3.63, 3.8) is 0 Å². The summed E-state index contributed by atoms with van der Waals surface area (Å²) in [5.74, 6) is 0. The van der Waals surface area contributed by atoms with E-state index in [4.69, 9.17) is 0 Å². The lowest BCUT2D eigenvalue weighted by Gasteiger charge is -2.37. The van der Waals surface area contributed by atoms with Gasteiger partial charge < -0.3 is 5.11 Å². The number of aliphatic hydroxyl groups is 1. The molecule has 0 aromatic heterocycles. The second-order valence-corrected chi connectivity index (χ2v) is 3.75. The molecule has 1 aliphatic rings. The fourth-order valence-electron chi connectivity index (χ4n) is 1.66. The Kier molecular flexibility index (Phi) is 1.69. The van der Waals surface area contributed by atoms with E-state index in [0.29, 0.717) is 0 Å². The van der Waals surface area contributed by atoms with Crippen molar-refractivity contribution in [3.05, 3.63) is 35.4 Å². The predicted molar refractivity (Wildman–Crippen MR) is 48.9 cm³/mol. The van der Waals surface area contributed by atoms with Crippen LogP contribution in [0.5, 0.6) is 0 Å². The third kappa shape index (κ3) is 1.14. The maximum absolute atomic E-state index is 9.97. The Bertz CT molecular complexity index is 270. The van der Waals surface area contributed by atoms with Crippen molar-refractivity contribution < 1.29 is 5.11 Å². The van der Waals surface area contributed by atoms with Gasteiger partial charge in [-0.2, -0.15) is 0 Å². The molecule has 0 saturated heterocycles. The van der Waals surface area contributed by atoms with Gasteiger partial charge in [0.15, 0.2) is 0 Å². The average molecular weight is 162 g/mol. The Labute approximate surface area is 73.0 Å². The lowest BCUT2D eigenvalue weighted by molar-refractivity contribution is -0.0387. The first-order valence-corrected chi connectivity index (χ1v) is 4.50. The molecule has 0 unspecified atom stereocenters. The Morgan fingerprint density at radius 1 is 1.17 bits per heavy atom. The van der Waals surface area contributed by atoms with Gasteiger partial charge in [0, 0.05) is 0 Å². The summed E-state index contributed by atoms with van der Waals surface area (Å²) in [6, 6.07) is 8.19. The molecule has 0 atom stereocenters. The molecular formula is C11H14O. The zero-order chi connectivity index (χ0) is 8.60. The van der Waals surface area contributed by atoms with Gasteiger partial charge >= 0.3 is 0 Å². The van der Waals surface area contributed by atoms with Gasteiger partial charge in [0.2, 0.25) is 0 Å². The van der Waals surface area contributed by atoms with E-state index in [0.717, 1.165) is 24.8 Å². The van der Waals surface area contributed by atoms with Gasteiger partial charge in [0.1, 0.15) is 0 Å². The van der Waals surface area contributed by atoms with E-state index in [1.54, 1.807) is 0 Å². The van der Waals surface area contributed by atoms with Crippen molar-refractivity contribution in [1.82, 2.24) is 0 Å². The molecule has 0 spiro atoms. The van der Waals surface area contributed by atoms with Crippen LogP contribution < -0.4 is 0 Å². The van der Waals surface area contributed by atoms with Gasteiger partial charge in [-0.05, 0) is 31.7 Å². The molecule has 1 aliphatic carbocycles. The molecule has 1 aromatic rings. The molecule has 1 N–H and O–H groups in total. The van der Waals surface area contributed by atoms with E-state index >= 15 is 0 Å². The fourth-order valence-corrected chi connectivity index (χ4v) is 1.66. The van der Waals surface area contributed by atoms with Crippen LogP contribution >= 0.6 is 0 Å². The Balaban J connectivity index is 2.28. The van der Waals surface area contributed by atoms with Gasteiger partial charge in [-0.25, -0.2) is 0 Å². The summed E-state index contributed by atoms with van der Waals surface area (Å²) in [4.78, 5) is 0. The number of hydrogen-bond donors (Lipinski definition) is 1. The summed E-state index contributed by atoms with van der Waals surface area (Å²) in [6.07, 6.45) is 3.01. The molecule has 12 heavy (non-hydrogen) atoms. The lowest BCUT2D eigenvalue weighted by atomic mass is 9.75. The molecular weight excluding hydrogens is 148 g/mol. The molecule has 0 bridgehead atoms. The van der Waals surface area contributed by atoms with Crippen molar-refractivity contribution in [2.75, 3.05) is 0 Å². The normalized spacial score (nSPS) is 20.2. The van der Waals surface area contributed by atoms with Crippen LogP contribution in [0.15, 0.2) is 24.3 Å². The summed E-state index contributed by atoms with van der Waals surface area (Å²) < 4.78 is 0. The molecule has 0 amide bonds. The highest BCUT2D eigenvalue weighted by atomic mass is 16.3. The summed E-state index contributed by atoms with van der Waals surface area (Å²) in [5, 5.41) is 9.97. The van der Waals surface area contributed by atoms with Crippen LogP contribution in [0.3, 0.4) is 0 Å². The lowest BCUT2D eigenvalue weighted by Crippen LogP contribution is -2.33. The van der Waals surface area contributed by atoms with Crippen LogP contribution in [0, 0.1) is 6.92 Å². The largest absolute Gasteiger partial charge is 0.385 e. The van der Waals surface area contributed by atoms with Gasteiger partial charge in [0.25, 0.3) is 0 Å². The van der Waals surface area contributed by atoms with Crippen molar-refractivity contribution in [2.45, 2.75) is 31.8 Å². The zero-order valence-corrected chi connectivity index (χ0v) is 7.38. The van der Waals surface area contributed by atoms with Crippen LogP contribution in [0.4, 0.5) is 0 Å². The van der Waals surface area contributed by atoms with E-state index in [1.807, 2.05) is 12.1 Å². The van der Waals surface area contributed by atoms with E-state index in [9.17, 15) is 5.11 Å². The van der Waals surface area contributed by atoms with Crippen LogP contribution in [0.2, 0.25) is 0 Å². The first-order chi connectivity index (χ1) is 5.71. The minimum Gasteiger partial charge on any atom is -0.385 e. The summed E-state index contributed by atoms with van der Waals surface area (Å²) in [7, 11) is 0. The van der Waals surface area contributed by atoms with Gasteiger partial charge in [-0.3, -0.25) is 0 Å². The van der Waals surface area contributed by atoms with Gasteiger partial charge in [-0.15, -0.1) is 0 Å². The second kappa shape index (κ2) is 2.60. The number of aryl methyl sites for hydroxylation is 1. The highest BCUT2D eigenvalue weighted by Crippen LogP contribution is 2.40. The van der Waals surface area contributed by atoms with Gasteiger partial charge in [0.05, 0.1) is 5.60 Å². The standard InChI is InChI=1S/C11H14O/c1-9-3-5-10(6-4-9)11(12)7-2-8-11/h3-6,12H,2,7-8H2,1H3. The van der Waals surface area contributed by atoms with Crippen LogP contribution in [-0.4, -0.2) is 5.11 Å². The smallest absolute Gasteiger partial charge is 0.0896 e. The number of rotatable bonds is 1. The highest BCUT2D eigenvalue weighted by molar-refractivity contribution is 5.27. The molecule has 1 saturated carbocycles. The van der Waals surface area contributed by atoms with E-state index in [1.165, 1.54) is 5.56 Å². The van der Waals surface area contributed by atoms with Crippen molar-refractivity contribution in [2.24, 2.45) is 0 Å². The summed E-state index contributed by atoms with van der Waals surface area (Å²) in [6.45, 7) is 2.06. The molecule has 64 valence electrons. The van der Waals surface area contributed by atoms with Gasteiger partial charge in [-0.1, -0.05) is 29.8 Å². The first kappa shape index (κ1) is 7.81. The topological polar surface area (TPSA) is 20.2 Å². The van der Waals surface area contributed by atoms with E-state index < -0.39 is 5.60 Å². The fraction of sp³-hybridized carbons (Fsp3) is 0.455. The van der Waals surface area contributed by atoms with Crippen molar-refractivity contribution in [3.8, 4) is 0 Å². The van der Waals surface area contributed by atoms with Crippen LogP contribution in [0.25, 0.3) is 0 Å². The Morgan fingerprint density at radius 2 is 1.75 bits per heavy atom. The molecule has 1 heteroatoms. The highest BCUT2D eigenvalue weighted by Gasteiger charge is 2.35. The number of benzene rings is 1. The third-order valence-corrected chi connectivity index (χ3v) is 2.77.